The van der Waals surface area contributed by atoms with Crippen molar-refractivity contribution < 1.29 is 42.5 Å². The van der Waals surface area contributed by atoms with E-state index in [0.29, 0.717) is 11.0 Å². The van der Waals surface area contributed by atoms with Gasteiger partial charge < -0.3 is 9.54 Å². The van der Waals surface area contributed by atoms with Crippen molar-refractivity contribution in [1.29, 1.82) is 0 Å². The number of thioether (sulfide) groups is 1. The van der Waals surface area contributed by atoms with Crippen LogP contribution < -0.4 is 29.6 Å². The Bertz CT molecular complexity index is 840. The third-order valence-electron chi connectivity index (χ3n) is 5.46. The molecule has 5 nitrogen and oxygen atoms in total. The maximum Gasteiger partial charge on any atom is 1.00 e. The minimum atomic E-state index is -4.43. The van der Waals surface area contributed by atoms with Crippen molar-refractivity contribution in [2.45, 2.75) is 107 Å². The van der Waals surface area contributed by atoms with Crippen LogP contribution in [0.1, 0.15) is 96.8 Å². The summed E-state index contributed by atoms with van der Waals surface area (Å²) in [6.45, 7) is 2.27. The summed E-state index contributed by atoms with van der Waals surface area (Å²) in [5, 5.41) is 0.778. The van der Waals surface area contributed by atoms with Gasteiger partial charge in [0.15, 0.2) is 5.16 Å². The van der Waals surface area contributed by atoms with Crippen molar-refractivity contribution in [2.75, 3.05) is 5.75 Å². The van der Waals surface area contributed by atoms with Crippen LogP contribution in [0.25, 0.3) is 11.0 Å². The van der Waals surface area contributed by atoms with Gasteiger partial charge >= 0.3 is 29.6 Å². The van der Waals surface area contributed by atoms with Crippen LogP contribution in [0.15, 0.2) is 28.3 Å². The summed E-state index contributed by atoms with van der Waals surface area (Å²) >= 11 is 1.65. The Hall–Kier alpha value is -0.0500. The molecule has 1 heterocycles. The standard InChI is InChI=1S/C23H38N2O3S2.Na/c1-2-3-4-5-6-7-8-9-10-11-12-13-14-15-18-29-23-24-21-17-16-20(30(26,27)28)19-22(21)25-23;/h16-17,19H,2-15,18H2,1H3,(H,24,25)(H,26,27,28);/q;+1/p-1. The molecule has 0 bridgehead atoms. The maximum absolute atomic E-state index is 11.1. The number of fused-ring (bicyclic) bond motifs is 1. The zero-order valence-corrected chi connectivity index (χ0v) is 23.0. The molecule has 1 N–H and O–H groups in total. The Morgan fingerprint density at radius 1 is 0.871 bits per heavy atom. The van der Waals surface area contributed by atoms with E-state index < -0.39 is 10.1 Å². The minimum absolute atomic E-state index is 0. The van der Waals surface area contributed by atoms with Gasteiger partial charge in [-0.15, -0.1) is 0 Å². The van der Waals surface area contributed by atoms with Crippen molar-refractivity contribution in [2.24, 2.45) is 0 Å². The zero-order chi connectivity index (χ0) is 21.7. The first kappa shape index (κ1) is 29.0. The van der Waals surface area contributed by atoms with Gasteiger partial charge in [-0.25, -0.2) is 13.4 Å². The number of hydrogen-bond donors (Lipinski definition) is 1. The molecular weight excluding hydrogens is 439 g/mol. The van der Waals surface area contributed by atoms with Crippen LogP contribution in [0, 0.1) is 0 Å². The largest absolute Gasteiger partial charge is 1.00 e. The van der Waals surface area contributed by atoms with Crippen LogP contribution in [-0.2, 0) is 10.1 Å². The molecule has 31 heavy (non-hydrogen) atoms. The average molecular weight is 477 g/mol. The molecule has 1 aromatic heterocycles. The smallest absolute Gasteiger partial charge is 0.744 e. The molecule has 0 saturated heterocycles. The number of benzene rings is 1. The SMILES string of the molecule is CCCCCCCCCCCCCCCCSc1nc2ccc(S(=O)(=O)[O-])cc2[nH]1.[Na+]. The first-order valence-corrected chi connectivity index (χ1v) is 14.0. The number of imidazole rings is 1. The fourth-order valence-corrected chi connectivity index (χ4v) is 5.04. The monoisotopic (exact) mass is 476 g/mol. The van der Waals surface area contributed by atoms with E-state index in [1.54, 1.807) is 17.8 Å². The van der Waals surface area contributed by atoms with Gasteiger partial charge in [0.2, 0.25) is 0 Å². The van der Waals surface area contributed by atoms with Crippen LogP contribution in [-0.4, -0.2) is 28.7 Å². The van der Waals surface area contributed by atoms with E-state index in [4.69, 9.17) is 0 Å². The van der Waals surface area contributed by atoms with E-state index >= 15 is 0 Å². The summed E-state index contributed by atoms with van der Waals surface area (Å²) in [5.41, 5.74) is 1.28. The summed E-state index contributed by atoms with van der Waals surface area (Å²) in [5.74, 6) is 0.991. The van der Waals surface area contributed by atoms with E-state index in [9.17, 15) is 13.0 Å². The van der Waals surface area contributed by atoms with Crippen LogP contribution in [0.3, 0.4) is 0 Å². The number of nitrogens with one attached hydrogen (secondary N) is 1. The van der Waals surface area contributed by atoms with E-state index in [2.05, 4.69) is 16.9 Å². The summed E-state index contributed by atoms with van der Waals surface area (Å²) in [6, 6.07) is 4.25. The number of aromatic nitrogens is 2. The quantitative estimate of drug-likeness (QED) is 0.161. The molecule has 0 amide bonds. The van der Waals surface area contributed by atoms with Gasteiger partial charge in [0.25, 0.3) is 0 Å². The fourth-order valence-electron chi connectivity index (χ4n) is 3.65. The maximum atomic E-state index is 11.1. The molecular formula is C23H37N2NaO3S2. The number of H-pyrrole nitrogens is 1. The van der Waals surface area contributed by atoms with Gasteiger partial charge in [-0.05, 0) is 24.6 Å². The summed E-state index contributed by atoms with van der Waals surface area (Å²) in [4.78, 5) is 7.34. The first-order chi connectivity index (χ1) is 14.5. The number of nitrogens with zero attached hydrogens (tertiary/aromatic N) is 1. The van der Waals surface area contributed by atoms with Gasteiger partial charge in [-0.2, -0.15) is 0 Å². The van der Waals surface area contributed by atoms with Crippen LogP contribution >= 0.6 is 11.8 Å². The summed E-state index contributed by atoms with van der Waals surface area (Å²) in [7, 11) is -4.43. The fraction of sp³-hybridized carbons (Fsp3) is 0.696. The average Bonchev–Trinajstić information content (AvgIpc) is 3.12. The molecule has 0 radical (unpaired) electrons. The number of rotatable bonds is 17. The zero-order valence-electron chi connectivity index (χ0n) is 19.3. The molecule has 0 unspecified atom stereocenters. The third-order valence-corrected chi connectivity index (χ3v) is 7.25. The van der Waals surface area contributed by atoms with Gasteiger partial charge in [-0.1, -0.05) is 102 Å². The minimum Gasteiger partial charge on any atom is -0.744 e. The first-order valence-electron chi connectivity index (χ1n) is 11.6. The van der Waals surface area contributed by atoms with E-state index in [-0.39, 0.29) is 34.5 Å². The molecule has 0 fully saturated rings. The second-order valence-electron chi connectivity index (χ2n) is 8.12. The summed E-state index contributed by atoms with van der Waals surface area (Å²) in [6.07, 6.45) is 18.9. The summed E-state index contributed by atoms with van der Waals surface area (Å²) < 4.78 is 33.4. The molecule has 1 aromatic carbocycles. The second kappa shape index (κ2) is 16.5. The molecule has 0 atom stereocenters. The normalized spacial score (nSPS) is 11.7. The molecule has 0 aliphatic rings. The number of aromatic amines is 1. The molecule has 2 rings (SSSR count). The molecule has 2 aromatic rings. The Balaban J connectivity index is 0.00000480. The van der Waals surface area contributed by atoms with Crippen molar-refractivity contribution in [3.63, 3.8) is 0 Å². The molecule has 8 heteroatoms. The Kier molecular flexibility index (Phi) is 15.5. The van der Waals surface area contributed by atoms with Gasteiger partial charge in [0.1, 0.15) is 10.1 Å². The van der Waals surface area contributed by atoms with Gasteiger partial charge in [-0.3, -0.25) is 0 Å². The van der Waals surface area contributed by atoms with E-state index in [1.165, 1.54) is 95.6 Å². The van der Waals surface area contributed by atoms with Gasteiger partial charge in [0.05, 0.1) is 15.9 Å². The van der Waals surface area contributed by atoms with Gasteiger partial charge in [0, 0.05) is 5.75 Å². The molecule has 0 spiro atoms. The van der Waals surface area contributed by atoms with E-state index in [1.807, 2.05) is 0 Å². The Morgan fingerprint density at radius 3 is 1.90 bits per heavy atom. The predicted octanol–water partition coefficient (Wildman–Crippen LogP) is 4.04. The van der Waals surface area contributed by atoms with Crippen LogP contribution in [0.5, 0.6) is 0 Å². The number of hydrogen-bond acceptors (Lipinski definition) is 5. The number of unbranched alkanes of at least 4 members (excludes halogenated alkanes) is 13. The van der Waals surface area contributed by atoms with E-state index in [0.717, 1.165) is 17.3 Å². The van der Waals surface area contributed by atoms with Crippen molar-refractivity contribution in [1.82, 2.24) is 9.97 Å². The third kappa shape index (κ3) is 12.1. The van der Waals surface area contributed by atoms with Crippen molar-refractivity contribution in [3.05, 3.63) is 18.2 Å². The second-order valence-corrected chi connectivity index (χ2v) is 10.6. The molecule has 170 valence electrons. The molecule has 0 aliphatic heterocycles. The topological polar surface area (TPSA) is 85.9 Å². The Morgan fingerprint density at radius 2 is 1.39 bits per heavy atom. The Labute approximate surface area is 215 Å². The molecule has 0 saturated carbocycles. The predicted molar refractivity (Wildman–Crippen MR) is 125 cm³/mol. The molecule has 0 aliphatic carbocycles. The van der Waals surface area contributed by atoms with Crippen molar-refractivity contribution in [3.8, 4) is 0 Å². The van der Waals surface area contributed by atoms with Crippen LogP contribution in [0.4, 0.5) is 0 Å². The van der Waals surface area contributed by atoms with Crippen molar-refractivity contribution >= 4 is 32.9 Å². The van der Waals surface area contributed by atoms with Crippen LogP contribution in [0.2, 0.25) is 0 Å².